The number of aliphatic hydroxyl groups excluding tert-OH is 6. The molecule has 0 aliphatic carbocycles. The zero-order valence-electron chi connectivity index (χ0n) is 14.6. The first kappa shape index (κ1) is 23.7. The van der Waals surface area contributed by atoms with Gasteiger partial charge >= 0.3 is 10.4 Å². The number of aliphatic hydroxyl groups is 6. The summed E-state index contributed by atoms with van der Waals surface area (Å²) in [4.78, 5) is 0. The Kier molecular flexibility index (Phi) is 8.07. The average Bonchev–Trinajstić information content (AvgIpc) is 2.64. The molecule has 0 saturated carbocycles. The van der Waals surface area contributed by atoms with Crippen molar-refractivity contribution in [1.29, 1.82) is 0 Å². The maximum absolute atomic E-state index is 10.7. The van der Waals surface area contributed by atoms with Gasteiger partial charge in [-0.15, -0.1) is 0 Å². The van der Waals surface area contributed by atoms with Gasteiger partial charge in [0.2, 0.25) is 0 Å². The number of ether oxygens (including phenoxy) is 4. The fourth-order valence-corrected chi connectivity index (χ4v) is 3.20. The molecule has 0 bridgehead atoms. The minimum atomic E-state index is -4.88. The van der Waals surface area contributed by atoms with Crippen LogP contribution >= 0.6 is 0 Å². The van der Waals surface area contributed by atoms with Gasteiger partial charge in [0.25, 0.3) is 0 Å². The molecule has 2 aliphatic rings. The maximum Gasteiger partial charge on any atom is 0.397 e. The summed E-state index contributed by atoms with van der Waals surface area (Å²) in [6.45, 7) is -1.61. The molecule has 166 valence electrons. The van der Waals surface area contributed by atoms with Crippen LogP contribution in [-0.2, 0) is 33.5 Å². The Balaban J connectivity index is 2.13. The average molecular weight is 436 g/mol. The predicted octanol–water partition coefficient (Wildman–Crippen LogP) is -4.92. The topological polar surface area (TPSA) is 222 Å². The molecule has 28 heavy (non-hydrogen) atoms. The van der Waals surface area contributed by atoms with Crippen molar-refractivity contribution in [3.63, 3.8) is 0 Å². The van der Waals surface area contributed by atoms with Crippen LogP contribution in [0, 0.1) is 0 Å². The molecule has 2 aliphatic heterocycles. The van der Waals surface area contributed by atoms with Crippen LogP contribution in [0.4, 0.5) is 0 Å². The van der Waals surface area contributed by atoms with Crippen molar-refractivity contribution in [1.82, 2.24) is 0 Å². The molecule has 2 saturated heterocycles. The molecule has 0 radical (unpaired) electrons. The van der Waals surface area contributed by atoms with Gasteiger partial charge in [-0.2, -0.15) is 8.42 Å². The molecule has 0 aromatic rings. The van der Waals surface area contributed by atoms with Crippen LogP contribution in [0.15, 0.2) is 0 Å². The molecule has 14 nitrogen and oxygen atoms in total. The third-order valence-electron chi connectivity index (χ3n) is 4.39. The van der Waals surface area contributed by atoms with Crippen molar-refractivity contribution in [2.75, 3.05) is 20.3 Å². The van der Waals surface area contributed by atoms with Gasteiger partial charge in [-0.25, -0.2) is 4.18 Å². The summed E-state index contributed by atoms with van der Waals surface area (Å²) >= 11 is 0. The van der Waals surface area contributed by atoms with Gasteiger partial charge < -0.3 is 49.6 Å². The van der Waals surface area contributed by atoms with E-state index < -0.39 is 85.0 Å². The molecule has 2 rings (SSSR count). The van der Waals surface area contributed by atoms with Crippen LogP contribution in [-0.4, -0.2) is 125 Å². The highest BCUT2D eigenvalue weighted by Gasteiger charge is 2.50. The third kappa shape index (κ3) is 5.33. The molecule has 2 fully saturated rings. The first-order valence-corrected chi connectivity index (χ1v) is 9.48. The van der Waals surface area contributed by atoms with E-state index in [2.05, 4.69) is 4.18 Å². The third-order valence-corrected chi connectivity index (χ3v) is 4.83. The van der Waals surface area contributed by atoms with Crippen molar-refractivity contribution in [3.05, 3.63) is 0 Å². The smallest absolute Gasteiger partial charge is 0.394 e. The Hall–Kier alpha value is -0.530. The lowest BCUT2D eigenvalue weighted by atomic mass is 9.97. The highest BCUT2D eigenvalue weighted by Crippen LogP contribution is 2.29. The van der Waals surface area contributed by atoms with Crippen LogP contribution in [0.25, 0.3) is 0 Å². The SMILES string of the molecule is CO[C@@H]1O[C@H](CO)[C@@H](O[C@H]2O[C@H](COS(=O)(=O)O)[C@@H](O)[C@H](O)[C@H]2O)[C@H](O)[C@H]1O. The summed E-state index contributed by atoms with van der Waals surface area (Å²) in [6.07, 6.45) is -16.1. The van der Waals surface area contributed by atoms with Crippen LogP contribution in [0.1, 0.15) is 0 Å². The van der Waals surface area contributed by atoms with Gasteiger partial charge in [-0.1, -0.05) is 0 Å². The Bertz CT molecular complexity index is 598. The molecule has 10 atom stereocenters. The lowest BCUT2D eigenvalue weighted by molar-refractivity contribution is -0.356. The second-order valence-corrected chi connectivity index (χ2v) is 7.36. The fraction of sp³-hybridized carbons (Fsp3) is 1.00. The summed E-state index contributed by atoms with van der Waals surface area (Å²) in [6, 6.07) is 0. The van der Waals surface area contributed by atoms with E-state index in [0.717, 1.165) is 0 Å². The zero-order chi connectivity index (χ0) is 21.2. The first-order valence-electron chi connectivity index (χ1n) is 8.12. The largest absolute Gasteiger partial charge is 0.397 e. The minimum absolute atomic E-state index is 0.683. The second kappa shape index (κ2) is 9.52. The van der Waals surface area contributed by atoms with Crippen molar-refractivity contribution >= 4 is 10.4 Å². The van der Waals surface area contributed by atoms with Crippen molar-refractivity contribution in [2.24, 2.45) is 0 Å². The lowest BCUT2D eigenvalue weighted by Crippen LogP contribution is -2.64. The van der Waals surface area contributed by atoms with Crippen molar-refractivity contribution in [3.8, 4) is 0 Å². The first-order chi connectivity index (χ1) is 13.0. The van der Waals surface area contributed by atoms with Gasteiger partial charge in [0.15, 0.2) is 12.6 Å². The molecule has 0 aromatic heterocycles. The van der Waals surface area contributed by atoms with E-state index in [-0.39, 0.29) is 0 Å². The van der Waals surface area contributed by atoms with Crippen LogP contribution in [0.5, 0.6) is 0 Å². The van der Waals surface area contributed by atoms with E-state index in [1.807, 2.05) is 0 Å². The Morgan fingerprint density at radius 3 is 1.96 bits per heavy atom. The number of rotatable bonds is 7. The minimum Gasteiger partial charge on any atom is -0.394 e. The van der Waals surface area contributed by atoms with Crippen molar-refractivity contribution < 1.29 is 66.7 Å². The van der Waals surface area contributed by atoms with Crippen molar-refractivity contribution in [2.45, 2.75) is 61.4 Å². The predicted molar refractivity (Wildman–Crippen MR) is 83.8 cm³/mol. The monoisotopic (exact) mass is 436 g/mol. The maximum atomic E-state index is 10.7. The van der Waals surface area contributed by atoms with Gasteiger partial charge in [-0.05, 0) is 0 Å². The summed E-state index contributed by atoms with van der Waals surface area (Å²) in [5.41, 5.74) is 0. The Labute approximate surface area is 159 Å². The van der Waals surface area contributed by atoms with E-state index in [4.69, 9.17) is 23.5 Å². The van der Waals surface area contributed by atoms with Crippen LogP contribution in [0.2, 0.25) is 0 Å². The summed E-state index contributed by atoms with van der Waals surface area (Å²) in [7, 11) is -3.68. The van der Waals surface area contributed by atoms with E-state index in [1.165, 1.54) is 7.11 Å². The van der Waals surface area contributed by atoms with Gasteiger partial charge in [0.1, 0.15) is 48.8 Å². The normalized spacial score (nSPS) is 45.1. The quantitative estimate of drug-likeness (QED) is 0.186. The van der Waals surface area contributed by atoms with Crippen LogP contribution < -0.4 is 0 Å². The van der Waals surface area contributed by atoms with Gasteiger partial charge in [-0.3, -0.25) is 4.55 Å². The molecule has 0 unspecified atom stereocenters. The molecule has 0 aromatic carbocycles. The fourth-order valence-electron chi connectivity index (χ4n) is 2.89. The molecular formula is C13H24O14S. The molecule has 0 spiro atoms. The summed E-state index contributed by atoms with van der Waals surface area (Å²) in [5.74, 6) is 0. The number of hydrogen-bond donors (Lipinski definition) is 7. The van der Waals surface area contributed by atoms with E-state index >= 15 is 0 Å². The number of methoxy groups -OCH3 is 1. The Morgan fingerprint density at radius 1 is 0.857 bits per heavy atom. The van der Waals surface area contributed by atoms with E-state index in [1.54, 1.807) is 0 Å². The van der Waals surface area contributed by atoms with Gasteiger partial charge in [0, 0.05) is 7.11 Å². The highest BCUT2D eigenvalue weighted by molar-refractivity contribution is 7.80. The lowest BCUT2D eigenvalue weighted by Gasteiger charge is -2.45. The summed E-state index contributed by atoms with van der Waals surface area (Å²) < 4.78 is 54.6. The zero-order valence-corrected chi connectivity index (χ0v) is 15.4. The van der Waals surface area contributed by atoms with Gasteiger partial charge in [0.05, 0.1) is 13.2 Å². The second-order valence-electron chi connectivity index (χ2n) is 6.27. The molecule has 15 heteroatoms. The number of hydrogen-bond acceptors (Lipinski definition) is 13. The van der Waals surface area contributed by atoms with E-state index in [9.17, 15) is 39.1 Å². The standard InChI is InChI=1S/C13H24O14S/c1-23-12-10(19)8(17)11(4(2-14)25-12)27-13-9(18)7(16)6(15)5(26-13)3-24-28(20,21)22/h4-19H,2-3H2,1H3,(H,20,21,22)/t4-,5-,6-,7+,8-,9-,10-,11-,12-,13-/m1/s1. The molecule has 2 heterocycles. The highest BCUT2D eigenvalue weighted by atomic mass is 32.3. The molecular weight excluding hydrogens is 412 g/mol. The summed E-state index contributed by atoms with van der Waals surface area (Å²) in [5, 5.41) is 59.5. The molecule has 7 N–H and O–H groups in total. The van der Waals surface area contributed by atoms with E-state index in [0.29, 0.717) is 0 Å². The molecule has 0 amide bonds. The Morgan fingerprint density at radius 2 is 1.43 bits per heavy atom. The van der Waals surface area contributed by atoms with Crippen LogP contribution in [0.3, 0.4) is 0 Å².